The van der Waals surface area contributed by atoms with E-state index in [1.807, 2.05) is 0 Å². The molecule has 4 nitrogen and oxygen atoms in total. The fraction of sp³-hybridized carbons (Fsp3) is 0.368. The maximum atomic E-state index is 6.21. The largest absolute Gasteiger partial charge is 0.353 e. The van der Waals surface area contributed by atoms with E-state index in [1.165, 1.54) is 16.7 Å². The van der Waals surface area contributed by atoms with Gasteiger partial charge in [0.1, 0.15) is 10.6 Å². The van der Waals surface area contributed by atoms with Crippen LogP contribution in [0.5, 0.6) is 0 Å². The van der Waals surface area contributed by atoms with E-state index in [-0.39, 0.29) is 0 Å². The van der Waals surface area contributed by atoms with Crippen LogP contribution in [0.25, 0.3) is 21.3 Å². The van der Waals surface area contributed by atoms with Crippen LogP contribution in [0.3, 0.4) is 0 Å². The molecule has 0 spiro atoms. The summed E-state index contributed by atoms with van der Waals surface area (Å²) in [6.07, 6.45) is 1.05. The zero-order chi connectivity index (χ0) is 17.4. The Morgan fingerprint density at radius 2 is 1.80 bits per heavy atom. The molecule has 0 unspecified atom stereocenters. The van der Waals surface area contributed by atoms with Crippen LogP contribution < -0.4 is 4.90 Å². The number of halogens is 1. The van der Waals surface area contributed by atoms with E-state index in [2.05, 4.69) is 63.4 Å². The molecular weight excluding hydrogens is 352 g/mol. The van der Waals surface area contributed by atoms with Crippen molar-refractivity contribution in [2.24, 2.45) is 0 Å². The topological polar surface area (TPSA) is 32.3 Å². The van der Waals surface area contributed by atoms with Crippen molar-refractivity contribution in [3.8, 4) is 11.1 Å². The molecule has 1 aliphatic rings. The number of anilines is 1. The number of hydrogen-bond donors (Lipinski definition) is 0. The Morgan fingerprint density at radius 3 is 2.48 bits per heavy atom. The smallest absolute Gasteiger partial charge is 0.225 e. The van der Waals surface area contributed by atoms with Crippen molar-refractivity contribution in [1.29, 1.82) is 0 Å². The van der Waals surface area contributed by atoms with E-state index in [0.717, 1.165) is 48.6 Å². The summed E-state index contributed by atoms with van der Waals surface area (Å²) in [6.45, 7) is 6.17. The van der Waals surface area contributed by atoms with Gasteiger partial charge in [-0.3, -0.25) is 0 Å². The van der Waals surface area contributed by atoms with Crippen LogP contribution in [0.4, 0.5) is 5.82 Å². The Hall–Kier alpha value is -1.69. The summed E-state index contributed by atoms with van der Waals surface area (Å²) in [5.74, 6) is 0.971. The van der Waals surface area contributed by atoms with Gasteiger partial charge in [0.2, 0.25) is 5.28 Å². The normalized spacial score (nSPS) is 15.9. The molecule has 1 saturated heterocycles. The van der Waals surface area contributed by atoms with E-state index < -0.39 is 0 Å². The summed E-state index contributed by atoms with van der Waals surface area (Å²) >= 11 is 7.85. The predicted molar refractivity (Wildman–Crippen MR) is 107 cm³/mol. The van der Waals surface area contributed by atoms with Crippen LogP contribution >= 0.6 is 22.9 Å². The van der Waals surface area contributed by atoms with E-state index in [9.17, 15) is 0 Å². The summed E-state index contributed by atoms with van der Waals surface area (Å²) in [7, 11) is 2.16. The first-order chi connectivity index (χ1) is 12.2. The number of aromatic nitrogens is 2. The van der Waals surface area contributed by atoms with Gasteiger partial charge in [-0.05, 0) is 36.2 Å². The van der Waals surface area contributed by atoms with Gasteiger partial charge in [-0.2, -0.15) is 4.98 Å². The molecule has 3 aromatic rings. The van der Waals surface area contributed by atoms with Gasteiger partial charge in [0.05, 0.1) is 5.39 Å². The van der Waals surface area contributed by atoms with E-state index in [0.29, 0.717) is 5.28 Å². The van der Waals surface area contributed by atoms with Crippen LogP contribution in [0, 0.1) is 0 Å². The van der Waals surface area contributed by atoms with E-state index in [1.54, 1.807) is 11.3 Å². The van der Waals surface area contributed by atoms with Crippen molar-refractivity contribution in [3.05, 3.63) is 40.5 Å². The fourth-order valence-electron chi connectivity index (χ4n) is 3.28. The van der Waals surface area contributed by atoms with Crippen LogP contribution in [0.1, 0.15) is 12.5 Å². The number of hydrogen-bond acceptors (Lipinski definition) is 5. The molecule has 1 aromatic carbocycles. The fourth-order valence-corrected chi connectivity index (χ4v) is 4.43. The molecule has 4 rings (SSSR count). The van der Waals surface area contributed by atoms with Crippen molar-refractivity contribution in [3.63, 3.8) is 0 Å². The highest BCUT2D eigenvalue weighted by Gasteiger charge is 2.22. The molecular formula is C19H21ClN4S. The highest BCUT2D eigenvalue weighted by Crippen LogP contribution is 2.39. The third-order valence-corrected chi connectivity index (χ3v) is 5.90. The van der Waals surface area contributed by atoms with Crippen LogP contribution in [-0.2, 0) is 6.42 Å². The second kappa shape index (κ2) is 6.90. The van der Waals surface area contributed by atoms with Crippen molar-refractivity contribution < 1.29 is 0 Å². The highest BCUT2D eigenvalue weighted by atomic mass is 35.5. The molecule has 0 amide bonds. The van der Waals surface area contributed by atoms with Crippen LogP contribution in [0.15, 0.2) is 29.6 Å². The lowest BCUT2D eigenvalue weighted by Gasteiger charge is -2.33. The van der Waals surface area contributed by atoms with Gasteiger partial charge in [0.15, 0.2) is 0 Å². The lowest BCUT2D eigenvalue weighted by Crippen LogP contribution is -2.44. The molecule has 6 heteroatoms. The summed E-state index contributed by atoms with van der Waals surface area (Å²) in [6, 6.07) is 8.79. The van der Waals surface area contributed by atoms with Crippen LogP contribution in [-0.4, -0.2) is 48.1 Å². The number of thiophene rings is 1. The molecule has 3 heterocycles. The maximum Gasteiger partial charge on any atom is 0.225 e. The summed E-state index contributed by atoms with van der Waals surface area (Å²) in [4.78, 5) is 14.7. The van der Waals surface area contributed by atoms with Gasteiger partial charge in [-0.15, -0.1) is 11.3 Å². The average molecular weight is 373 g/mol. The molecule has 25 heavy (non-hydrogen) atoms. The first-order valence-corrected chi connectivity index (χ1v) is 9.89. The Morgan fingerprint density at radius 1 is 1.08 bits per heavy atom. The quantitative estimate of drug-likeness (QED) is 0.641. The predicted octanol–water partition coefficient (Wildman–Crippen LogP) is 4.33. The van der Waals surface area contributed by atoms with Gasteiger partial charge in [-0.25, -0.2) is 4.98 Å². The van der Waals surface area contributed by atoms with E-state index >= 15 is 0 Å². The molecule has 0 bridgehead atoms. The SMILES string of the molecule is CCc1ccc(-c2csc3nc(Cl)nc(N4CCN(C)CC4)c23)cc1. The van der Waals surface area contributed by atoms with Gasteiger partial charge >= 0.3 is 0 Å². The first-order valence-electron chi connectivity index (χ1n) is 8.63. The Balaban J connectivity index is 1.83. The minimum Gasteiger partial charge on any atom is -0.353 e. The number of benzene rings is 1. The zero-order valence-corrected chi connectivity index (χ0v) is 16.1. The molecule has 0 radical (unpaired) electrons. The minimum absolute atomic E-state index is 0.330. The molecule has 1 fully saturated rings. The molecule has 1 aliphatic heterocycles. The Bertz CT molecular complexity index is 882. The van der Waals surface area contributed by atoms with Crippen molar-refractivity contribution in [2.45, 2.75) is 13.3 Å². The maximum absolute atomic E-state index is 6.21. The summed E-state index contributed by atoms with van der Waals surface area (Å²) in [5.41, 5.74) is 3.76. The van der Waals surface area contributed by atoms with Crippen molar-refractivity contribution in [2.75, 3.05) is 38.1 Å². The van der Waals surface area contributed by atoms with Gasteiger partial charge in [0.25, 0.3) is 0 Å². The Kier molecular flexibility index (Phi) is 4.63. The number of aryl methyl sites for hydroxylation is 1. The summed E-state index contributed by atoms with van der Waals surface area (Å²) < 4.78 is 0. The third kappa shape index (κ3) is 3.24. The molecule has 0 atom stereocenters. The second-order valence-electron chi connectivity index (χ2n) is 6.49. The zero-order valence-electron chi connectivity index (χ0n) is 14.5. The molecule has 0 aliphatic carbocycles. The monoisotopic (exact) mass is 372 g/mol. The second-order valence-corrected chi connectivity index (χ2v) is 7.68. The number of piperazine rings is 1. The molecule has 0 saturated carbocycles. The third-order valence-electron chi connectivity index (χ3n) is 4.86. The highest BCUT2D eigenvalue weighted by molar-refractivity contribution is 7.17. The molecule has 2 aromatic heterocycles. The van der Waals surface area contributed by atoms with Gasteiger partial charge < -0.3 is 9.80 Å². The first kappa shape index (κ1) is 16.8. The lowest BCUT2D eigenvalue weighted by atomic mass is 10.0. The van der Waals surface area contributed by atoms with Gasteiger partial charge in [-0.1, -0.05) is 31.2 Å². The molecule has 0 N–H and O–H groups in total. The lowest BCUT2D eigenvalue weighted by molar-refractivity contribution is 0.312. The number of rotatable bonds is 3. The van der Waals surface area contributed by atoms with Crippen molar-refractivity contribution in [1.82, 2.24) is 14.9 Å². The minimum atomic E-state index is 0.330. The standard InChI is InChI=1S/C19H21ClN4S/c1-3-13-4-6-14(7-5-13)15-12-25-18-16(15)17(21-19(20)22-18)24-10-8-23(2)9-11-24/h4-7,12H,3,8-11H2,1-2H3. The number of likely N-dealkylation sites (N-methyl/N-ethyl adjacent to an activating group) is 1. The summed E-state index contributed by atoms with van der Waals surface area (Å²) in [5, 5.41) is 3.63. The average Bonchev–Trinajstić information content (AvgIpc) is 3.05. The van der Waals surface area contributed by atoms with Crippen LogP contribution in [0.2, 0.25) is 5.28 Å². The number of nitrogens with zero attached hydrogens (tertiary/aromatic N) is 4. The van der Waals surface area contributed by atoms with E-state index in [4.69, 9.17) is 11.6 Å². The number of fused-ring (bicyclic) bond motifs is 1. The molecule has 130 valence electrons. The van der Waals surface area contributed by atoms with Crippen molar-refractivity contribution >= 4 is 39.0 Å². The Labute approximate surface area is 157 Å². The van der Waals surface area contributed by atoms with Gasteiger partial charge in [0, 0.05) is 37.1 Å².